The summed E-state index contributed by atoms with van der Waals surface area (Å²) in [6, 6.07) is 21.8. The van der Waals surface area contributed by atoms with Crippen molar-refractivity contribution in [3.63, 3.8) is 0 Å². The number of nitrogens with zero attached hydrogens (tertiary/aromatic N) is 1. The van der Waals surface area contributed by atoms with Gasteiger partial charge in [-0.25, -0.2) is 4.90 Å². The molecular formula is C28H21ClN2O5S2. The van der Waals surface area contributed by atoms with Crippen LogP contribution in [0.1, 0.15) is 21.9 Å². The molecule has 2 aliphatic rings. The van der Waals surface area contributed by atoms with Gasteiger partial charge < -0.3 is 14.5 Å². The molecule has 0 radical (unpaired) electrons. The van der Waals surface area contributed by atoms with Crippen LogP contribution in [-0.2, 0) is 16.2 Å². The van der Waals surface area contributed by atoms with E-state index in [0.29, 0.717) is 33.8 Å². The van der Waals surface area contributed by atoms with E-state index in [1.54, 1.807) is 43.5 Å². The first kappa shape index (κ1) is 24.8. The van der Waals surface area contributed by atoms with Crippen LogP contribution in [-0.4, -0.2) is 29.2 Å². The molecule has 192 valence electrons. The van der Waals surface area contributed by atoms with Crippen molar-refractivity contribution in [3.05, 3.63) is 103 Å². The number of benzene rings is 3. The SMILES string of the molecule is COc1cc([C@H]2c3sc(=O)[nH]c3SC3C(=O)N(c4ccccc4)C(=O)C32)ccc1OCc1cccc(Cl)c1. The third-order valence-electron chi connectivity index (χ3n) is 6.67. The van der Waals surface area contributed by atoms with Gasteiger partial charge in [0.1, 0.15) is 11.9 Å². The zero-order valence-corrected chi connectivity index (χ0v) is 22.4. The van der Waals surface area contributed by atoms with E-state index in [0.717, 1.165) is 27.3 Å². The Balaban J connectivity index is 1.38. The van der Waals surface area contributed by atoms with Crippen LogP contribution in [0.3, 0.4) is 0 Å². The number of hydrogen-bond donors (Lipinski definition) is 1. The number of halogens is 1. The van der Waals surface area contributed by atoms with Crippen LogP contribution in [0.5, 0.6) is 11.5 Å². The summed E-state index contributed by atoms with van der Waals surface area (Å²) in [5.74, 6) is -0.723. The number of carbonyl (C=O) groups is 2. The molecule has 10 heteroatoms. The quantitative estimate of drug-likeness (QED) is 0.312. The molecule has 2 unspecified atom stereocenters. The number of rotatable bonds is 6. The third kappa shape index (κ3) is 4.30. The van der Waals surface area contributed by atoms with Crippen molar-refractivity contribution in [1.82, 2.24) is 4.98 Å². The number of thiazole rings is 1. The predicted molar refractivity (Wildman–Crippen MR) is 148 cm³/mol. The summed E-state index contributed by atoms with van der Waals surface area (Å²) < 4.78 is 11.7. The van der Waals surface area contributed by atoms with E-state index in [1.807, 2.05) is 36.4 Å². The molecule has 3 atom stereocenters. The van der Waals surface area contributed by atoms with Crippen LogP contribution < -0.4 is 19.2 Å². The van der Waals surface area contributed by atoms with E-state index in [2.05, 4.69) is 4.98 Å². The van der Waals surface area contributed by atoms with E-state index in [9.17, 15) is 14.4 Å². The highest BCUT2D eigenvalue weighted by Gasteiger charge is 2.56. The molecule has 1 fully saturated rings. The molecule has 0 aliphatic carbocycles. The number of para-hydroxylation sites is 1. The van der Waals surface area contributed by atoms with Crippen LogP contribution in [0, 0.1) is 5.92 Å². The number of H-pyrrole nitrogens is 1. The van der Waals surface area contributed by atoms with Crippen LogP contribution in [0.2, 0.25) is 5.02 Å². The van der Waals surface area contributed by atoms with Crippen molar-refractivity contribution in [2.45, 2.75) is 22.8 Å². The number of anilines is 1. The topological polar surface area (TPSA) is 88.7 Å². The van der Waals surface area contributed by atoms with Crippen molar-refractivity contribution in [1.29, 1.82) is 0 Å². The lowest BCUT2D eigenvalue weighted by molar-refractivity contribution is -0.122. The fourth-order valence-electron chi connectivity index (χ4n) is 4.99. The summed E-state index contributed by atoms with van der Waals surface area (Å²) >= 11 is 8.41. The van der Waals surface area contributed by atoms with Crippen LogP contribution in [0.15, 0.2) is 82.6 Å². The Labute approximate surface area is 231 Å². The van der Waals surface area contributed by atoms with Gasteiger partial charge in [-0.15, -0.1) is 0 Å². The minimum Gasteiger partial charge on any atom is -0.493 e. The summed E-state index contributed by atoms with van der Waals surface area (Å²) in [5.41, 5.74) is 2.21. The Hall–Kier alpha value is -3.53. The molecular weight excluding hydrogens is 544 g/mol. The van der Waals surface area contributed by atoms with Gasteiger partial charge in [0, 0.05) is 15.8 Å². The van der Waals surface area contributed by atoms with E-state index in [1.165, 1.54) is 16.7 Å². The Morgan fingerprint density at radius 2 is 1.76 bits per heavy atom. The van der Waals surface area contributed by atoms with Crippen LogP contribution in [0.25, 0.3) is 0 Å². The molecule has 3 heterocycles. The standard InChI is InChI=1S/C28H21ClN2O5S2/c1-35-20-13-16(10-11-19(20)36-14-15-6-5-7-17(29)12-15)21-22-24(37-25-23(21)38-28(34)30-25)27(33)31(26(22)32)18-8-3-2-4-9-18/h2-13,21-22,24H,14H2,1H3,(H,30,34)/t21-,22?,24?/m1/s1. The molecule has 2 amide bonds. The van der Waals surface area contributed by atoms with Crippen LogP contribution >= 0.6 is 34.7 Å². The van der Waals surface area contributed by atoms with Gasteiger partial charge in [0.25, 0.3) is 0 Å². The number of imide groups is 1. The van der Waals surface area contributed by atoms with Gasteiger partial charge in [0.15, 0.2) is 11.5 Å². The molecule has 1 saturated heterocycles. The number of ether oxygens (including phenoxy) is 2. The Bertz CT molecular complexity index is 1600. The molecule has 0 bridgehead atoms. The Morgan fingerprint density at radius 1 is 0.947 bits per heavy atom. The molecule has 1 N–H and O–H groups in total. The summed E-state index contributed by atoms with van der Waals surface area (Å²) in [6.45, 7) is 0.295. The lowest BCUT2D eigenvalue weighted by atomic mass is 9.83. The second-order valence-electron chi connectivity index (χ2n) is 8.93. The molecule has 6 rings (SSSR count). The van der Waals surface area contributed by atoms with Gasteiger partial charge in [0.05, 0.1) is 23.7 Å². The number of nitrogens with one attached hydrogen (secondary N) is 1. The number of aromatic nitrogens is 1. The van der Waals surface area contributed by atoms with E-state index in [4.69, 9.17) is 21.1 Å². The number of hydrogen-bond acceptors (Lipinski definition) is 7. The maximum Gasteiger partial charge on any atom is 0.305 e. The van der Waals surface area contributed by atoms with Crippen molar-refractivity contribution < 1.29 is 19.1 Å². The molecule has 0 saturated carbocycles. The monoisotopic (exact) mass is 564 g/mol. The lowest BCUT2D eigenvalue weighted by Crippen LogP contribution is -2.32. The van der Waals surface area contributed by atoms with Gasteiger partial charge >= 0.3 is 4.87 Å². The number of amides is 2. The maximum absolute atomic E-state index is 13.8. The van der Waals surface area contributed by atoms with Gasteiger partial charge in [-0.1, -0.05) is 71.1 Å². The van der Waals surface area contributed by atoms with Crippen molar-refractivity contribution in [2.75, 3.05) is 12.0 Å². The van der Waals surface area contributed by atoms with Gasteiger partial charge in [-0.05, 0) is 47.5 Å². The summed E-state index contributed by atoms with van der Waals surface area (Å²) in [4.78, 5) is 44.3. The Morgan fingerprint density at radius 3 is 2.53 bits per heavy atom. The number of methoxy groups -OCH3 is 1. The molecule has 38 heavy (non-hydrogen) atoms. The molecule has 2 aliphatic heterocycles. The third-order valence-corrected chi connectivity index (χ3v) is 9.30. The van der Waals surface area contributed by atoms with Gasteiger partial charge in [-0.2, -0.15) is 0 Å². The Kier molecular flexibility index (Phi) is 6.51. The first-order valence-corrected chi connectivity index (χ1v) is 13.9. The highest BCUT2D eigenvalue weighted by atomic mass is 35.5. The summed E-state index contributed by atoms with van der Waals surface area (Å²) in [7, 11) is 1.55. The van der Waals surface area contributed by atoms with Crippen LogP contribution in [0.4, 0.5) is 5.69 Å². The lowest BCUT2D eigenvalue weighted by Gasteiger charge is -2.30. The van der Waals surface area contributed by atoms with Gasteiger partial charge in [0.2, 0.25) is 11.8 Å². The second-order valence-corrected chi connectivity index (χ2v) is 11.5. The predicted octanol–water partition coefficient (Wildman–Crippen LogP) is 5.47. The summed E-state index contributed by atoms with van der Waals surface area (Å²) in [6.07, 6.45) is 0. The minimum atomic E-state index is -0.672. The highest BCUT2D eigenvalue weighted by Crippen LogP contribution is 2.53. The smallest absolute Gasteiger partial charge is 0.305 e. The molecule has 4 aromatic rings. The number of carbonyl (C=O) groups excluding carboxylic acids is 2. The largest absolute Gasteiger partial charge is 0.493 e. The first-order valence-electron chi connectivity index (χ1n) is 11.8. The normalized spacial score (nSPS) is 20.3. The zero-order chi connectivity index (χ0) is 26.4. The number of thioether (sulfide) groups is 1. The van der Waals surface area contributed by atoms with E-state index < -0.39 is 17.1 Å². The van der Waals surface area contributed by atoms with Gasteiger partial charge in [-0.3, -0.25) is 14.4 Å². The van der Waals surface area contributed by atoms with Crippen molar-refractivity contribution >= 4 is 52.2 Å². The average molecular weight is 565 g/mol. The van der Waals surface area contributed by atoms with E-state index >= 15 is 0 Å². The fraction of sp³-hybridized carbons (Fsp3) is 0.179. The molecule has 1 aromatic heterocycles. The highest BCUT2D eigenvalue weighted by molar-refractivity contribution is 8.00. The minimum absolute atomic E-state index is 0.222. The molecule has 7 nitrogen and oxygen atoms in total. The van der Waals surface area contributed by atoms with Crippen molar-refractivity contribution in [2.24, 2.45) is 5.92 Å². The number of aromatic amines is 1. The maximum atomic E-state index is 13.8. The average Bonchev–Trinajstić information content (AvgIpc) is 3.42. The molecule has 0 spiro atoms. The van der Waals surface area contributed by atoms with E-state index in [-0.39, 0.29) is 16.7 Å². The van der Waals surface area contributed by atoms with Crippen molar-refractivity contribution in [3.8, 4) is 11.5 Å². The zero-order valence-electron chi connectivity index (χ0n) is 20.1. The summed E-state index contributed by atoms with van der Waals surface area (Å²) in [5, 5.41) is 0.595. The fourth-order valence-corrected chi connectivity index (χ4v) is 7.72. The first-order chi connectivity index (χ1) is 18.4. The molecule has 3 aromatic carbocycles. The second kappa shape index (κ2) is 9.98. The number of fused-ring (bicyclic) bond motifs is 2.